The second-order valence-electron chi connectivity index (χ2n) is 7.31. The minimum absolute atomic E-state index is 0.0197. The predicted molar refractivity (Wildman–Crippen MR) is 93.2 cm³/mol. The monoisotopic (exact) mass is 359 g/mol. The molecule has 0 radical (unpaired) electrons. The van der Waals surface area contributed by atoms with E-state index < -0.39 is 29.1 Å². The van der Waals surface area contributed by atoms with Crippen molar-refractivity contribution in [3.8, 4) is 0 Å². The van der Waals surface area contributed by atoms with Crippen molar-refractivity contribution >= 4 is 17.7 Å². The third-order valence-electron chi connectivity index (χ3n) is 4.09. The molecule has 0 saturated carbocycles. The number of aryl methyl sites for hydroxylation is 1. The first kappa shape index (κ1) is 18.0. The average Bonchev–Trinajstić information content (AvgIpc) is 2.75. The minimum atomic E-state index is -2.66. The smallest absolute Gasteiger partial charge is 0.421 e. The van der Waals surface area contributed by atoms with Crippen LogP contribution < -0.4 is 4.90 Å². The molecule has 2 aromatic rings. The molecule has 136 valence electrons. The van der Waals surface area contributed by atoms with Crippen LogP contribution in [0.4, 0.5) is 19.3 Å². The van der Waals surface area contributed by atoms with E-state index in [9.17, 15) is 14.0 Å². The van der Waals surface area contributed by atoms with Gasteiger partial charge < -0.3 is 4.74 Å². The molecule has 4 nitrogen and oxygen atoms in total. The molecule has 1 atom stereocenters. The van der Waals surface area contributed by atoms with E-state index in [0.29, 0.717) is 4.90 Å². The number of ether oxygens (including phenoxy) is 1. The Hall–Kier alpha value is -2.76. The molecule has 1 aliphatic heterocycles. The Morgan fingerprint density at radius 2 is 1.73 bits per heavy atom. The van der Waals surface area contributed by atoms with Gasteiger partial charge in [-0.15, -0.1) is 0 Å². The number of halogens is 2. The van der Waals surface area contributed by atoms with Crippen molar-refractivity contribution in [1.82, 2.24) is 0 Å². The fourth-order valence-corrected chi connectivity index (χ4v) is 2.91. The lowest BCUT2D eigenvalue weighted by molar-refractivity contribution is -0.126. The van der Waals surface area contributed by atoms with Crippen molar-refractivity contribution < 1.29 is 23.1 Å². The standard InChI is InChI=1S/C20H19F2NO3/c1-12-5-7-13(8-6-12)20(22)15-11-14(21)9-10-16(15)23(17(20)24)18(25)26-19(2,3)4/h5-11H,1-4H3/t20-/m0/s1. The van der Waals surface area contributed by atoms with E-state index in [-0.39, 0.29) is 16.8 Å². The van der Waals surface area contributed by atoms with Crippen LogP contribution in [0.15, 0.2) is 42.5 Å². The number of imide groups is 1. The molecule has 1 heterocycles. The van der Waals surface area contributed by atoms with Crippen LogP contribution in [0.25, 0.3) is 0 Å². The molecule has 0 fully saturated rings. The van der Waals surface area contributed by atoms with Gasteiger partial charge in [-0.3, -0.25) is 4.79 Å². The number of alkyl halides is 1. The van der Waals surface area contributed by atoms with E-state index in [4.69, 9.17) is 4.74 Å². The highest BCUT2D eigenvalue weighted by molar-refractivity contribution is 6.21. The van der Waals surface area contributed by atoms with Crippen LogP contribution in [0.5, 0.6) is 0 Å². The molecule has 0 bridgehead atoms. The van der Waals surface area contributed by atoms with Crippen LogP contribution in [-0.2, 0) is 15.2 Å². The van der Waals surface area contributed by atoms with Gasteiger partial charge in [-0.1, -0.05) is 29.8 Å². The molecule has 26 heavy (non-hydrogen) atoms. The number of carbonyl (C=O) groups is 2. The molecular formula is C20H19F2NO3. The molecule has 2 amide bonds. The summed E-state index contributed by atoms with van der Waals surface area (Å²) in [6.45, 7) is 6.74. The Morgan fingerprint density at radius 1 is 1.12 bits per heavy atom. The number of rotatable bonds is 1. The van der Waals surface area contributed by atoms with Crippen LogP contribution >= 0.6 is 0 Å². The lowest BCUT2D eigenvalue weighted by atomic mass is 9.89. The highest BCUT2D eigenvalue weighted by Gasteiger charge is 2.56. The van der Waals surface area contributed by atoms with Crippen molar-refractivity contribution in [3.63, 3.8) is 0 Å². The second-order valence-corrected chi connectivity index (χ2v) is 7.31. The first-order valence-corrected chi connectivity index (χ1v) is 8.17. The average molecular weight is 359 g/mol. The van der Waals surface area contributed by atoms with Gasteiger partial charge in [0.2, 0.25) is 5.67 Å². The summed E-state index contributed by atoms with van der Waals surface area (Å²) in [4.78, 5) is 26.1. The first-order chi connectivity index (χ1) is 12.0. The molecule has 1 aliphatic rings. The number of carbonyl (C=O) groups excluding carboxylic acids is 2. The number of anilines is 1. The Labute approximate surface area is 150 Å². The highest BCUT2D eigenvalue weighted by Crippen LogP contribution is 2.48. The summed E-state index contributed by atoms with van der Waals surface area (Å²) in [7, 11) is 0. The lowest BCUT2D eigenvalue weighted by Crippen LogP contribution is -2.44. The Bertz CT molecular complexity index is 887. The highest BCUT2D eigenvalue weighted by atomic mass is 19.1. The summed E-state index contributed by atoms with van der Waals surface area (Å²) in [5.74, 6) is -1.81. The van der Waals surface area contributed by atoms with Crippen molar-refractivity contribution in [1.29, 1.82) is 0 Å². The van der Waals surface area contributed by atoms with Crippen molar-refractivity contribution in [2.75, 3.05) is 4.90 Å². The van der Waals surface area contributed by atoms with Gasteiger partial charge in [-0.05, 0) is 45.9 Å². The zero-order valence-electron chi connectivity index (χ0n) is 15.0. The third-order valence-corrected chi connectivity index (χ3v) is 4.09. The SMILES string of the molecule is Cc1ccc([C@@]2(F)C(=O)N(C(=O)OC(C)(C)C)c3ccc(F)cc32)cc1. The molecule has 0 spiro atoms. The predicted octanol–water partition coefficient (Wildman–Crippen LogP) is 4.63. The number of amides is 2. The van der Waals surface area contributed by atoms with Gasteiger partial charge in [-0.2, -0.15) is 0 Å². The second kappa shape index (κ2) is 5.90. The molecule has 0 unspecified atom stereocenters. The Morgan fingerprint density at radius 3 is 2.31 bits per heavy atom. The summed E-state index contributed by atoms with van der Waals surface area (Å²) in [6, 6.07) is 9.45. The fraction of sp³-hybridized carbons (Fsp3) is 0.300. The number of fused-ring (bicyclic) bond motifs is 1. The van der Waals surface area contributed by atoms with Gasteiger partial charge in [0.1, 0.15) is 11.4 Å². The first-order valence-electron chi connectivity index (χ1n) is 8.17. The lowest BCUT2D eigenvalue weighted by Gasteiger charge is -2.24. The fourth-order valence-electron chi connectivity index (χ4n) is 2.91. The molecule has 6 heteroatoms. The van der Waals surface area contributed by atoms with E-state index in [1.165, 1.54) is 18.2 Å². The maximum absolute atomic E-state index is 16.0. The summed E-state index contributed by atoms with van der Waals surface area (Å²) >= 11 is 0. The number of nitrogens with zero attached hydrogens (tertiary/aromatic N) is 1. The minimum Gasteiger partial charge on any atom is -0.443 e. The molecule has 2 aromatic carbocycles. The molecule has 0 aromatic heterocycles. The van der Waals surface area contributed by atoms with E-state index >= 15 is 4.39 Å². The van der Waals surface area contributed by atoms with Gasteiger partial charge in [0.05, 0.1) is 5.69 Å². The number of hydrogen-bond donors (Lipinski definition) is 0. The molecule has 0 aliphatic carbocycles. The number of hydrogen-bond acceptors (Lipinski definition) is 3. The van der Waals surface area contributed by atoms with E-state index in [2.05, 4.69) is 0 Å². The van der Waals surface area contributed by atoms with Crippen molar-refractivity contribution in [2.45, 2.75) is 39.0 Å². The van der Waals surface area contributed by atoms with E-state index in [1.807, 2.05) is 6.92 Å². The zero-order valence-corrected chi connectivity index (χ0v) is 15.0. The molecular weight excluding hydrogens is 340 g/mol. The molecule has 0 saturated heterocycles. The van der Waals surface area contributed by atoms with Crippen LogP contribution in [-0.4, -0.2) is 17.6 Å². The maximum atomic E-state index is 16.0. The van der Waals surface area contributed by atoms with Crippen molar-refractivity contribution in [2.24, 2.45) is 0 Å². The van der Waals surface area contributed by atoms with Crippen molar-refractivity contribution in [3.05, 3.63) is 65.0 Å². The van der Waals surface area contributed by atoms with Gasteiger partial charge in [0, 0.05) is 11.1 Å². The summed E-state index contributed by atoms with van der Waals surface area (Å²) in [5, 5.41) is 0. The number of benzene rings is 2. The van der Waals surface area contributed by atoms with Gasteiger partial charge in [0.15, 0.2) is 0 Å². The van der Waals surface area contributed by atoms with Crippen LogP contribution in [0.2, 0.25) is 0 Å². The van der Waals surface area contributed by atoms with Gasteiger partial charge in [-0.25, -0.2) is 18.5 Å². The van der Waals surface area contributed by atoms with Crippen LogP contribution in [0.1, 0.15) is 37.5 Å². The largest absolute Gasteiger partial charge is 0.443 e. The summed E-state index contributed by atoms with van der Waals surface area (Å²) < 4.78 is 35.1. The van der Waals surface area contributed by atoms with E-state index in [0.717, 1.165) is 17.7 Å². The van der Waals surface area contributed by atoms with E-state index in [1.54, 1.807) is 32.9 Å². The third kappa shape index (κ3) is 2.85. The quantitative estimate of drug-likeness (QED) is 0.746. The van der Waals surface area contributed by atoms with Gasteiger partial charge >= 0.3 is 6.09 Å². The van der Waals surface area contributed by atoms with Crippen LogP contribution in [0.3, 0.4) is 0 Å². The molecule has 0 N–H and O–H groups in total. The topological polar surface area (TPSA) is 46.6 Å². The summed E-state index contributed by atoms with van der Waals surface area (Å²) in [5.41, 5.74) is -2.85. The maximum Gasteiger partial charge on any atom is 0.421 e. The Kier molecular flexibility index (Phi) is 4.09. The van der Waals surface area contributed by atoms with Gasteiger partial charge in [0.25, 0.3) is 5.91 Å². The summed E-state index contributed by atoms with van der Waals surface area (Å²) in [6.07, 6.45) is -0.998. The Balaban J connectivity index is 2.16. The van der Waals surface area contributed by atoms with Crippen LogP contribution in [0, 0.1) is 12.7 Å². The normalized spacial score (nSPS) is 19.5. The molecule has 3 rings (SSSR count). The zero-order chi connectivity index (χ0) is 19.3.